The van der Waals surface area contributed by atoms with Crippen molar-refractivity contribution in [2.24, 2.45) is 0 Å². The molecule has 0 atom stereocenters. The molecule has 0 spiro atoms. The molecule has 0 fully saturated rings. The minimum Gasteiger partial charge on any atom is -0.478 e. The van der Waals surface area contributed by atoms with Crippen LogP contribution in [-0.4, -0.2) is 21.6 Å². The van der Waals surface area contributed by atoms with Crippen molar-refractivity contribution in [1.29, 1.82) is 0 Å². The SMILES string of the molecule is CCOc1ccc2[nH]c(-c3ccc4c(c3)CNC4)nc2n1. The number of nitrogens with one attached hydrogen (secondary N) is 2. The van der Waals surface area contributed by atoms with Crippen LogP contribution in [0.15, 0.2) is 30.3 Å². The van der Waals surface area contributed by atoms with Gasteiger partial charge in [0, 0.05) is 24.7 Å². The van der Waals surface area contributed by atoms with Crippen molar-refractivity contribution in [3.05, 3.63) is 41.5 Å². The van der Waals surface area contributed by atoms with E-state index in [-0.39, 0.29) is 0 Å². The Hall–Kier alpha value is -2.40. The standard InChI is InChI=1S/C16H16N4O/c1-2-21-14-6-5-13-16(19-14)20-15(18-13)10-3-4-11-8-17-9-12(11)7-10/h3-7,17H,2,8-9H2,1H3,(H,18,19,20). The number of benzene rings is 1. The zero-order valence-electron chi connectivity index (χ0n) is 11.8. The van der Waals surface area contributed by atoms with E-state index in [4.69, 9.17) is 4.74 Å². The van der Waals surface area contributed by atoms with Crippen LogP contribution in [0, 0.1) is 0 Å². The van der Waals surface area contributed by atoms with Gasteiger partial charge in [-0.15, -0.1) is 0 Å². The van der Waals surface area contributed by atoms with Crippen molar-refractivity contribution in [3.8, 4) is 17.3 Å². The molecule has 3 heterocycles. The smallest absolute Gasteiger partial charge is 0.215 e. The first-order valence-electron chi connectivity index (χ1n) is 7.16. The zero-order valence-corrected chi connectivity index (χ0v) is 11.8. The van der Waals surface area contributed by atoms with E-state index in [1.165, 1.54) is 11.1 Å². The third kappa shape index (κ3) is 2.15. The minimum absolute atomic E-state index is 0.605. The van der Waals surface area contributed by atoms with Crippen LogP contribution in [-0.2, 0) is 13.1 Å². The molecule has 0 saturated carbocycles. The molecule has 1 aliphatic rings. The molecule has 106 valence electrons. The summed E-state index contributed by atoms with van der Waals surface area (Å²) in [5, 5.41) is 3.35. The number of ether oxygens (including phenoxy) is 1. The average Bonchev–Trinajstić information content (AvgIpc) is 3.12. The van der Waals surface area contributed by atoms with Crippen LogP contribution >= 0.6 is 0 Å². The summed E-state index contributed by atoms with van der Waals surface area (Å²) in [4.78, 5) is 12.3. The van der Waals surface area contributed by atoms with E-state index >= 15 is 0 Å². The molecule has 0 saturated heterocycles. The number of nitrogens with zero attached hydrogens (tertiary/aromatic N) is 2. The van der Waals surface area contributed by atoms with Crippen LogP contribution in [0.25, 0.3) is 22.6 Å². The normalized spacial score (nSPS) is 13.6. The van der Waals surface area contributed by atoms with Gasteiger partial charge in [0.2, 0.25) is 5.88 Å². The first kappa shape index (κ1) is 12.3. The lowest BCUT2D eigenvalue weighted by molar-refractivity contribution is 0.328. The molecule has 21 heavy (non-hydrogen) atoms. The minimum atomic E-state index is 0.605. The Morgan fingerprint density at radius 1 is 1.10 bits per heavy atom. The third-order valence-electron chi connectivity index (χ3n) is 3.72. The van der Waals surface area contributed by atoms with Crippen LogP contribution in [0.5, 0.6) is 5.88 Å². The lowest BCUT2D eigenvalue weighted by Crippen LogP contribution is -1.99. The summed E-state index contributed by atoms with van der Waals surface area (Å²) < 4.78 is 5.42. The fraction of sp³-hybridized carbons (Fsp3) is 0.250. The molecule has 1 aliphatic heterocycles. The molecule has 1 aromatic carbocycles. The van der Waals surface area contributed by atoms with E-state index in [0.29, 0.717) is 18.1 Å². The quantitative estimate of drug-likeness (QED) is 0.774. The zero-order chi connectivity index (χ0) is 14.2. The molecule has 5 heteroatoms. The number of pyridine rings is 1. The number of rotatable bonds is 3. The Bertz CT molecular complexity index is 809. The van der Waals surface area contributed by atoms with Crippen molar-refractivity contribution < 1.29 is 4.74 Å². The van der Waals surface area contributed by atoms with E-state index in [9.17, 15) is 0 Å². The highest BCUT2D eigenvalue weighted by Crippen LogP contribution is 2.25. The highest BCUT2D eigenvalue weighted by atomic mass is 16.5. The number of aromatic amines is 1. The van der Waals surface area contributed by atoms with Gasteiger partial charge in [0.05, 0.1) is 12.1 Å². The molecular formula is C16H16N4O. The first-order valence-corrected chi connectivity index (χ1v) is 7.16. The summed E-state index contributed by atoms with van der Waals surface area (Å²) in [6, 6.07) is 10.3. The van der Waals surface area contributed by atoms with Crippen LogP contribution < -0.4 is 10.1 Å². The van der Waals surface area contributed by atoms with Gasteiger partial charge in [0.15, 0.2) is 5.65 Å². The van der Waals surface area contributed by atoms with Gasteiger partial charge in [-0.1, -0.05) is 12.1 Å². The molecule has 0 amide bonds. The molecule has 5 nitrogen and oxygen atoms in total. The molecule has 4 rings (SSSR count). The fourth-order valence-corrected chi connectivity index (χ4v) is 2.68. The second-order valence-electron chi connectivity index (χ2n) is 5.13. The highest BCUT2D eigenvalue weighted by Gasteiger charge is 2.13. The second-order valence-corrected chi connectivity index (χ2v) is 5.13. The third-order valence-corrected chi connectivity index (χ3v) is 3.72. The van der Waals surface area contributed by atoms with Crippen molar-refractivity contribution in [3.63, 3.8) is 0 Å². The van der Waals surface area contributed by atoms with Gasteiger partial charge < -0.3 is 15.0 Å². The van der Waals surface area contributed by atoms with Crippen LogP contribution in [0.1, 0.15) is 18.1 Å². The average molecular weight is 280 g/mol. The number of H-pyrrole nitrogens is 1. The predicted octanol–water partition coefficient (Wildman–Crippen LogP) is 2.63. The lowest BCUT2D eigenvalue weighted by atomic mass is 10.1. The van der Waals surface area contributed by atoms with E-state index in [1.807, 2.05) is 19.1 Å². The van der Waals surface area contributed by atoms with E-state index in [0.717, 1.165) is 30.0 Å². The lowest BCUT2D eigenvalue weighted by Gasteiger charge is -2.00. The molecular weight excluding hydrogens is 264 g/mol. The number of aromatic nitrogens is 3. The van der Waals surface area contributed by atoms with Crippen molar-refractivity contribution in [2.75, 3.05) is 6.61 Å². The maximum Gasteiger partial charge on any atom is 0.215 e. The van der Waals surface area contributed by atoms with Crippen LogP contribution in [0.4, 0.5) is 0 Å². The van der Waals surface area contributed by atoms with Crippen molar-refractivity contribution >= 4 is 11.2 Å². The molecule has 0 unspecified atom stereocenters. The van der Waals surface area contributed by atoms with Gasteiger partial charge in [-0.3, -0.25) is 0 Å². The summed E-state index contributed by atoms with van der Waals surface area (Å²) in [5.74, 6) is 1.46. The van der Waals surface area contributed by atoms with Gasteiger partial charge >= 0.3 is 0 Å². The molecule has 2 aromatic heterocycles. The summed E-state index contributed by atoms with van der Waals surface area (Å²) >= 11 is 0. The van der Waals surface area contributed by atoms with Gasteiger partial charge in [-0.05, 0) is 30.2 Å². The Labute approximate surface area is 122 Å². The molecule has 0 bridgehead atoms. The van der Waals surface area contributed by atoms with Crippen LogP contribution in [0.3, 0.4) is 0 Å². The van der Waals surface area contributed by atoms with Gasteiger partial charge in [0.25, 0.3) is 0 Å². The topological polar surface area (TPSA) is 62.8 Å². The molecule has 2 N–H and O–H groups in total. The van der Waals surface area contributed by atoms with Crippen molar-refractivity contribution in [1.82, 2.24) is 20.3 Å². The van der Waals surface area contributed by atoms with E-state index in [2.05, 4.69) is 38.5 Å². The van der Waals surface area contributed by atoms with E-state index < -0.39 is 0 Å². The number of hydrogen-bond donors (Lipinski definition) is 2. The van der Waals surface area contributed by atoms with Crippen molar-refractivity contribution in [2.45, 2.75) is 20.0 Å². The summed E-state index contributed by atoms with van der Waals surface area (Å²) in [6.07, 6.45) is 0. The summed E-state index contributed by atoms with van der Waals surface area (Å²) in [6.45, 7) is 4.43. The van der Waals surface area contributed by atoms with Gasteiger partial charge in [-0.2, -0.15) is 4.98 Å². The number of fused-ring (bicyclic) bond motifs is 2. The maximum atomic E-state index is 5.42. The predicted molar refractivity (Wildman–Crippen MR) is 81.0 cm³/mol. The molecule has 3 aromatic rings. The van der Waals surface area contributed by atoms with Gasteiger partial charge in [-0.25, -0.2) is 4.98 Å². The monoisotopic (exact) mass is 280 g/mol. The Kier molecular flexibility index (Phi) is 2.86. The summed E-state index contributed by atoms with van der Waals surface area (Å²) in [5.41, 5.74) is 5.41. The van der Waals surface area contributed by atoms with E-state index in [1.54, 1.807) is 0 Å². The first-order chi connectivity index (χ1) is 10.3. The Morgan fingerprint density at radius 2 is 2.00 bits per heavy atom. The maximum absolute atomic E-state index is 5.42. The molecule has 0 radical (unpaired) electrons. The Balaban J connectivity index is 1.76. The fourth-order valence-electron chi connectivity index (χ4n) is 2.68. The Morgan fingerprint density at radius 3 is 2.90 bits per heavy atom. The highest BCUT2D eigenvalue weighted by molar-refractivity contribution is 5.76. The second kappa shape index (κ2) is 4.86. The summed E-state index contributed by atoms with van der Waals surface area (Å²) in [7, 11) is 0. The van der Waals surface area contributed by atoms with Gasteiger partial charge in [0.1, 0.15) is 5.82 Å². The number of hydrogen-bond acceptors (Lipinski definition) is 4. The largest absolute Gasteiger partial charge is 0.478 e. The molecule has 0 aliphatic carbocycles. The number of imidazole rings is 1. The van der Waals surface area contributed by atoms with Crippen LogP contribution in [0.2, 0.25) is 0 Å².